The molecule has 3 unspecified atom stereocenters. The van der Waals surface area contributed by atoms with Crippen LogP contribution in [0.2, 0.25) is 0 Å². The zero-order chi connectivity index (χ0) is 15.0. The second kappa shape index (κ2) is 5.39. The molecule has 0 spiro atoms. The summed E-state index contributed by atoms with van der Waals surface area (Å²) in [5, 5.41) is -0.654. The van der Waals surface area contributed by atoms with E-state index in [-0.39, 0.29) is 10.8 Å². The summed E-state index contributed by atoms with van der Waals surface area (Å²) >= 11 is 3.35. The molecule has 0 amide bonds. The van der Waals surface area contributed by atoms with E-state index in [9.17, 15) is 13.2 Å². The van der Waals surface area contributed by atoms with Crippen LogP contribution in [0.4, 0.5) is 0 Å². The molecule has 3 rings (SSSR count). The summed E-state index contributed by atoms with van der Waals surface area (Å²) in [4.78, 5) is 11.5. The number of hydrogen-bond donors (Lipinski definition) is 0. The Morgan fingerprint density at radius 3 is 2.14 bits per heavy atom. The molecule has 0 radical (unpaired) electrons. The van der Waals surface area contributed by atoms with Crippen molar-refractivity contribution in [3.8, 4) is 0 Å². The summed E-state index contributed by atoms with van der Waals surface area (Å²) in [5.41, 5.74) is 0.889. The number of rotatable bonds is 4. The summed E-state index contributed by atoms with van der Waals surface area (Å²) in [7, 11) is -3.48. The lowest BCUT2D eigenvalue weighted by Crippen LogP contribution is -2.10. The topological polar surface area (TPSA) is 51.2 Å². The highest BCUT2D eigenvalue weighted by Gasteiger charge is 2.58. The van der Waals surface area contributed by atoms with E-state index in [1.54, 1.807) is 30.3 Å². The minimum atomic E-state index is -3.48. The quantitative estimate of drug-likeness (QED) is 0.782. The fourth-order valence-corrected chi connectivity index (χ4v) is 5.13. The van der Waals surface area contributed by atoms with Gasteiger partial charge in [0.2, 0.25) is 0 Å². The van der Waals surface area contributed by atoms with E-state index in [0.29, 0.717) is 0 Å². The molecule has 21 heavy (non-hydrogen) atoms. The average Bonchev–Trinajstić information content (AvgIpc) is 3.24. The lowest BCUT2D eigenvalue weighted by molar-refractivity contribution is -0.108. The van der Waals surface area contributed by atoms with Crippen molar-refractivity contribution in [1.82, 2.24) is 0 Å². The van der Waals surface area contributed by atoms with Crippen molar-refractivity contribution in [3.05, 3.63) is 64.6 Å². The molecule has 1 aliphatic rings. The largest absolute Gasteiger partial charge is 0.303 e. The first kappa shape index (κ1) is 14.5. The highest BCUT2D eigenvalue weighted by atomic mass is 79.9. The van der Waals surface area contributed by atoms with E-state index in [2.05, 4.69) is 15.9 Å². The Kier molecular flexibility index (Phi) is 3.71. The lowest BCUT2D eigenvalue weighted by atomic mass is 10.1. The third-order valence-corrected chi connectivity index (χ3v) is 6.63. The lowest BCUT2D eigenvalue weighted by Gasteiger charge is -2.04. The van der Waals surface area contributed by atoms with Gasteiger partial charge >= 0.3 is 0 Å². The van der Waals surface area contributed by atoms with Crippen LogP contribution in [0.1, 0.15) is 11.5 Å². The first-order valence-electron chi connectivity index (χ1n) is 6.55. The zero-order valence-electron chi connectivity index (χ0n) is 11.0. The van der Waals surface area contributed by atoms with Crippen molar-refractivity contribution in [2.24, 2.45) is 5.92 Å². The first-order valence-corrected chi connectivity index (χ1v) is 8.89. The molecule has 2 aromatic carbocycles. The number of benzene rings is 2. The number of aldehydes is 1. The third kappa shape index (κ3) is 2.56. The molecule has 0 heterocycles. The van der Waals surface area contributed by atoms with Gasteiger partial charge in [-0.1, -0.05) is 46.3 Å². The van der Waals surface area contributed by atoms with Crippen molar-refractivity contribution in [1.29, 1.82) is 0 Å². The van der Waals surface area contributed by atoms with Gasteiger partial charge in [0.05, 0.1) is 10.1 Å². The Bertz CT molecular complexity index is 754. The highest BCUT2D eigenvalue weighted by Crippen LogP contribution is 2.52. The van der Waals surface area contributed by atoms with Crippen LogP contribution in [0.25, 0.3) is 0 Å². The summed E-state index contributed by atoms with van der Waals surface area (Å²) in [6.45, 7) is 0. The van der Waals surface area contributed by atoms with Gasteiger partial charge in [-0.2, -0.15) is 0 Å². The van der Waals surface area contributed by atoms with E-state index in [1.807, 2.05) is 24.3 Å². The number of carbonyl (C=O) groups is 1. The Hall–Kier alpha value is -1.46. The summed E-state index contributed by atoms with van der Waals surface area (Å²) in [5.74, 6) is -0.711. The minimum Gasteiger partial charge on any atom is -0.303 e. The van der Waals surface area contributed by atoms with Crippen LogP contribution < -0.4 is 0 Å². The molecule has 0 bridgehead atoms. The summed E-state index contributed by atoms with van der Waals surface area (Å²) in [6, 6.07) is 15.8. The van der Waals surface area contributed by atoms with Gasteiger partial charge in [-0.25, -0.2) is 8.42 Å². The Balaban J connectivity index is 1.96. The molecule has 2 aromatic rings. The molecule has 108 valence electrons. The van der Waals surface area contributed by atoms with Crippen LogP contribution in [-0.2, 0) is 14.6 Å². The third-order valence-electron chi connectivity index (χ3n) is 3.85. The molecule has 0 saturated heterocycles. The van der Waals surface area contributed by atoms with Gasteiger partial charge in [0.25, 0.3) is 0 Å². The number of hydrogen-bond acceptors (Lipinski definition) is 3. The minimum absolute atomic E-state index is 0.249. The van der Waals surface area contributed by atoms with Gasteiger partial charge in [0, 0.05) is 16.3 Å². The molecule has 0 aromatic heterocycles. The van der Waals surface area contributed by atoms with Crippen LogP contribution >= 0.6 is 15.9 Å². The Morgan fingerprint density at radius 2 is 1.57 bits per heavy atom. The molecule has 1 fully saturated rings. The molecular weight excluding hydrogens is 352 g/mol. The smallest absolute Gasteiger partial charge is 0.182 e. The predicted molar refractivity (Wildman–Crippen MR) is 83.9 cm³/mol. The van der Waals surface area contributed by atoms with E-state index >= 15 is 0 Å². The maximum Gasteiger partial charge on any atom is 0.182 e. The van der Waals surface area contributed by atoms with Gasteiger partial charge in [-0.15, -0.1) is 0 Å². The second-order valence-corrected chi connectivity index (χ2v) is 8.13. The SMILES string of the molecule is O=CC1C(c2ccc(Br)cc2)C1S(=O)(=O)c1ccccc1. The van der Waals surface area contributed by atoms with Crippen LogP contribution in [0.5, 0.6) is 0 Å². The monoisotopic (exact) mass is 364 g/mol. The summed E-state index contributed by atoms with van der Waals surface area (Å²) < 4.78 is 26.2. The van der Waals surface area contributed by atoms with Crippen LogP contribution in [0.15, 0.2) is 64.0 Å². The maximum absolute atomic E-state index is 12.6. The average molecular weight is 365 g/mol. The first-order chi connectivity index (χ1) is 10.1. The van der Waals surface area contributed by atoms with Gasteiger partial charge in [0.15, 0.2) is 9.84 Å². The van der Waals surface area contributed by atoms with Crippen molar-refractivity contribution >= 4 is 32.1 Å². The van der Waals surface area contributed by atoms with Crippen molar-refractivity contribution in [2.75, 3.05) is 0 Å². The summed E-state index contributed by atoms with van der Waals surface area (Å²) in [6.07, 6.45) is 0.762. The fourth-order valence-electron chi connectivity index (χ4n) is 2.73. The van der Waals surface area contributed by atoms with E-state index < -0.39 is 21.0 Å². The fraction of sp³-hybridized carbons (Fsp3) is 0.188. The van der Waals surface area contributed by atoms with Crippen molar-refractivity contribution in [2.45, 2.75) is 16.1 Å². The van der Waals surface area contributed by atoms with E-state index in [4.69, 9.17) is 0 Å². The van der Waals surface area contributed by atoms with E-state index in [0.717, 1.165) is 16.3 Å². The Morgan fingerprint density at radius 1 is 0.952 bits per heavy atom. The van der Waals surface area contributed by atoms with Crippen LogP contribution in [-0.4, -0.2) is 20.0 Å². The molecule has 1 aliphatic carbocycles. The van der Waals surface area contributed by atoms with Crippen molar-refractivity contribution < 1.29 is 13.2 Å². The Labute approximate surface area is 132 Å². The van der Waals surface area contributed by atoms with Gasteiger partial charge in [-0.3, -0.25) is 0 Å². The molecule has 5 heteroatoms. The molecule has 3 nitrogen and oxygen atoms in total. The van der Waals surface area contributed by atoms with Gasteiger partial charge in [0.1, 0.15) is 6.29 Å². The number of halogens is 1. The van der Waals surface area contributed by atoms with Crippen LogP contribution in [0, 0.1) is 5.92 Å². The maximum atomic E-state index is 12.6. The number of sulfone groups is 1. The van der Waals surface area contributed by atoms with Gasteiger partial charge in [-0.05, 0) is 29.8 Å². The molecular formula is C16H13BrO3S. The molecule has 0 N–H and O–H groups in total. The standard InChI is InChI=1S/C16H13BrO3S/c17-12-8-6-11(7-9-12)15-14(10-18)16(15)21(19,20)13-4-2-1-3-5-13/h1-10,14-16H. The number of carbonyl (C=O) groups excluding carboxylic acids is 1. The van der Waals surface area contributed by atoms with Gasteiger partial charge < -0.3 is 4.79 Å². The molecule has 3 atom stereocenters. The van der Waals surface area contributed by atoms with E-state index in [1.165, 1.54) is 0 Å². The van der Waals surface area contributed by atoms with Crippen LogP contribution in [0.3, 0.4) is 0 Å². The molecule has 1 saturated carbocycles. The highest BCUT2D eigenvalue weighted by molar-refractivity contribution is 9.10. The second-order valence-electron chi connectivity index (χ2n) is 5.11. The normalized spacial score (nSPS) is 24.5. The van der Waals surface area contributed by atoms with Crippen molar-refractivity contribution in [3.63, 3.8) is 0 Å². The zero-order valence-corrected chi connectivity index (χ0v) is 13.4. The predicted octanol–water partition coefficient (Wildman–Crippen LogP) is 3.20. The molecule has 0 aliphatic heterocycles.